The Hall–Kier alpha value is -2.09. The molecule has 0 aliphatic carbocycles. The lowest BCUT2D eigenvalue weighted by Gasteiger charge is -2.24. The van der Waals surface area contributed by atoms with E-state index in [-0.39, 0.29) is 12.5 Å². The molecule has 0 saturated carbocycles. The van der Waals surface area contributed by atoms with Crippen LogP contribution in [0.1, 0.15) is 25.5 Å². The third kappa shape index (κ3) is 5.74. The summed E-state index contributed by atoms with van der Waals surface area (Å²) in [5.41, 5.74) is 1.02. The van der Waals surface area contributed by atoms with Crippen molar-refractivity contribution in [1.29, 1.82) is 0 Å². The maximum absolute atomic E-state index is 11.9. The molecule has 8 nitrogen and oxygen atoms in total. The van der Waals surface area contributed by atoms with Crippen LogP contribution < -0.4 is 10.6 Å². The molecule has 1 unspecified atom stereocenters. The first kappa shape index (κ1) is 19.2. The molecule has 1 aromatic heterocycles. The van der Waals surface area contributed by atoms with Gasteiger partial charge < -0.3 is 15.5 Å². The number of rotatable bonds is 7. The first-order valence-electron chi connectivity index (χ1n) is 8.94. The Kier molecular flexibility index (Phi) is 7.24. The molecule has 0 aromatic carbocycles. The van der Waals surface area contributed by atoms with Crippen LogP contribution in [0.4, 0.5) is 0 Å². The molecule has 2 N–H and O–H groups in total. The van der Waals surface area contributed by atoms with E-state index in [1.165, 1.54) is 12.8 Å². The van der Waals surface area contributed by atoms with Gasteiger partial charge in [-0.2, -0.15) is 5.10 Å². The van der Waals surface area contributed by atoms with Gasteiger partial charge in [-0.25, -0.2) is 4.99 Å². The number of carbonyl (C=O) groups is 1. The minimum Gasteiger partial charge on any atom is -0.355 e. The largest absolute Gasteiger partial charge is 0.355 e. The van der Waals surface area contributed by atoms with Crippen molar-refractivity contribution in [3.63, 3.8) is 0 Å². The van der Waals surface area contributed by atoms with Gasteiger partial charge in [-0.15, -0.1) is 0 Å². The van der Waals surface area contributed by atoms with Crippen molar-refractivity contribution in [2.24, 2.45) is 12.0 Å². The zero-order chi connectivity index (χ0) is 18.2. The van der Waals surface area contributed by atoms with Crippen molar-refractivity contribution in [3.05, 3.63) is 18.0 Å². The molecule has 1 amide bonds. The van der Waals surface area contributed by atoms with E-state index < -0.39 is 0 Å². The minimum absolute atomic E-state index is 0.0195. The molecule has 0 spiro atoms. The summed E-state index contributed by atoms with van der Waals surface area (Å²) in [5.74, 6) is 0.686. The molecule has 1 aliphatic rings. The number of aliphatic imine (C=N–C) groups is 1. The van der Waals surface area contributed by atoms with Crippen LogP contribution in [0.5, 0.6) is 0 Å². The summed E-state index contributed by atoms with van der Waals surface area (Å²) < 4.78 is 1.81. The van der Waals surface area contributed by atoms with Crippen molar-refractivity contribution in [2.45, 2.75) is 32.4 Å². The van der Waals surface area contributed by atoms with Gasteiger partial charge in [0.2, 0.25) is 5.91 Å². The zero-order valence-corrected chi connectivity index (χ0v) is 15.8. The number of aryl methyl sites for hydroxylation is 1. The van der Waals surface area contributed by atoms with Gasteiger partial charge >= 0.3 is 0 Å². The highest BCUT2D eigenvalue weighted by Gasteiger charge is 2.22. The third-order valence-corrected chi connectivity index (χ3v) is 4.64. The molecule has 0 bridgehead atoms. The fraction of sp³-hybridized carbons (Fsp3) is 0.706. The van der Waals surface area contributed by atoms with E-state index >= 15 is 0 Å². The monoisotopic (exact) mass is 349 g/mol. The van der Waals surface area contributed by atoms with Crippen LogP contribution in [0.2, 0.25) is 0 Å². The molecule has 1 aliphatic heterocycles. The smallest absolute Gasteiger partial charge is 0.241 e. The molecule has 8 heteroatoms. The average Bonchev–Trinajstić information content (AvgIpc) is 3.22. The molecular weight excluding hydrogens is 318 g/mol. The SMILES string of the molecule is CCN1CCCC1CNC(=NCc1ccnn1C)NCC(=O)N(C)C. The first-order valence-corrected chi connectivity index (χ1v) is 8.94. The van der Waals surface area contributed by atoms with E-state index in [9.17, 15) is 4.79 Å². The predicted octanol–water partition coefficient (Wildman–Crippen LogP) is 0.0278. The number of carbonyl (C=O) groups excluding carboxylic acids is 1. The number of hydrogen-bond donors (Lipinski definition) is 2. The fourth-order valence-corrected chi connectivity index (χ4v) is 2.97. The van der Waals surface area contributed by atoms with E-state index in [1.807, 2.05) is 17.8 Å². The van der Waals surface area contributed by atoms with Crippen LogP contribution in [0.15, 0.2) is 17.3 Å². The van der Waals surface area contributed by atoms with E-state index in [0.29, 0.717) is 18.5 Å². The number of aromatic nitrogens is 2. The Bertz CT molecular complexity index is 581. The Balaban J connectivity index is 1.95. The molecule has 1 aromatic rings. The summed E-state index contributed by atoms with van der Waals surface area (Å²) in [4.78, 5) is 20.5. The highest BCUT2D eigenvalue weighted by Crippen LogP contribution is 2.15. The van der Waals surface area contributed by atoms with Gasteiger partial charge in [-0.3, -0.25) is 14.4 Å². The number of nitrogens with zero attached hydrogens (tertiary/aromatic N) is 5. The molecule has 2 rings (SSSR count). The van der Waals surface area contributed by atoms with Crippen molar-refractivity contribution in [1.82, 2.24) is 30.2 Å². The molecule has 2 heterocycles. The van der Waals surface area contributed by atoms with Gasteiger partial charge in [0, 0.05) is 39.9 Å². The van der Waals surface area contributed by atoms with Gasteiger partial charge in [-0.05, 0) is 32.0 Å². The summed E-state index contributed by atoms with van der Waals surface area (Å²) in [5, 5.41) is 10.7. The third-order valence-electron chi connectivity index (χ3n) is 4.64. The van der Waals surface area contributed by atoms with E-state index in [0.717, 1.165) is 25.3 Å². The minimum atomic E-state index is 0.0195. The quantitative estimate of drug-likeness (QED) is 0.536. The fourth-order valence-electron chi connectivity index (χ4n) is 2.97. The van der Waals surface area contributed by atoms with E-state index in [4.69, 9.17) is 0 Å². The number of guanidine groups is 1. The molecule has 1 saturated heterocycles. The van der Waals surface area contributed by atoms with Gasteiger partial charge in [-0.1, -0.05) is 6.92 Å². The lowest BCUT2D eigenvalue weighted by molar-refractivity contribution is -0.127. The highest BCUT2D eigenvalue weighted by atomic mass is 16.2. The van der Waals surface area contributed by atoms with Gasteiger partial charge in [0.25, 0.3) is 0 Å². The van der Waals surface area contributed by atoms with Crippen LogP contribution in [0.3, 0.4) is 0 Å². The van der Waals surface area contributed by atoms with Gasteiger partial charge in [0.15, 0.2) is 5.96 Å². The predicted molar refractivity (Wildman–Crippen MR) is 99.3 cm³/mol. The summed E-state index contributed by atoms with van der Waals surface area (Å²) in [6.45, 7) is 6.01. The Morgan fingerprint density at radius 3 is 2.88 bits per heavy atom. The van der Waals surface area contributed by atoms with Crippen LogP contribution in [0, 0.1) is 0 Å². The van der Waals surface area contributed by atoms with E-state index in [2.05, 4.69) is 32.5 Å². The second-order valence-electron chi connectivity index (χ2n) is 6.56. The topological polar surface area (TPSA) is 77.8 Å². The van der Waals surface area contributed by atoms with Crippen LogP contribution in [0.25, 0.3) is 0 Å². The maximum Gasteiger partial charge on any atom is 0.241 e. The van der Waals surface area contributed by atoms with Crippen molar-refractivity contribution < 1.29 is 4.79 Å². The second-order valence-corrected chi connectivity index (χ2v) is 6.56. The summed E-state index contributed by atoms with van der Waals surface area (Å²) in [6, 6.07) is 2.47. The first-order chi connectivity index (χ1) is 12.0. The second kappa shape index (κ2) is 9.41. The van der Waals surface area contributed by atoms with Crippen molar-refractivity contribution >= 4 is 11.9 Å². The molecule has 0 radical (unpaired) electrons. The lowest BCUT2D eigenvalue weighted by Crippen LogP contribution is -2.47. The number of nitrogens with one attached hydrogen (secondary N) is 2. The molecular formula is C17H31N7O. The van der Waals surface area contributed by atoms with Crippen LogP contribution >= 0.6 is 0 Å². The molecule has 140 valence electrons. The van der Waals surface area contributed by atoms with E-state index in [1.54, 1.807) is 25.2 Å². The van der Waals surface area contributed by atoms with Crippen molar-refractivity contribution in [3.8, 4) is 0 Å². The molecule has 1 atom stereocenters. The molecule has 1 fully saturated rings. The van der Waals surface area contributed by atoms with Gasteiger partial charge in [0.1, 0.15) is 0 Å². The summed E-state index contributed by atoms with van der Waals surface area (Å²) in [7, 11) is 5.40. The number of likely N-dealkylation sites (N-methyl/N-ethyl adjacent to an activating group) is 2. The standard InChI is InChI=1S/C17H31N7O/c1-5-24-10-6-7-15(24)12-19-17(20-13-16(25)22(2)3)18-11-14-8-9-21-23(14)4/h8-9,15H,5-7,10-13H2,1-4H3,(H2,18,19,20). The highest BCUT2D eigenvalue weighted by molar-refractivity contribution is 5.86. The Morgan fingerprint density at radius 1 is 1.44 bits per heavy atom. The van der Waals surface area contributed by atoms with Gasteiger partial charge in [0.05, 0.1) is 18.8 Å². The number of likely N-dealkylation sites (tertiary alicyclic amines) is 1. The number of hydrogen-bond acceptors (Lipinski definition) is 4. The number of amides is 1. The van der Waals surface area contributed by atoms with Crippen LogP contribution in [-0.2, 0) is 18.4 Å². The normalized spacial score (nSPS) is 18.4. The van der Waals surface area contributed by atoms with Crippen molar-refractivity contribution in [2.75, 3.05) is 40.3 Å². The molecule has 25 heavy (non-hydrogen) atoms. The van der Waals surface area contributed by atoms with Crippen LogP contribution in [-0.4, -0.2) is 77.8 Å². The summed E-state index contributed by atoms with van der Waals surface area (Å²) in [6.07, 6.45) is 4.21. The Morgan fingerprint density at radius 2 is 2.24 bits per heavy atom. The average molecular weight is 349 g/mol. The maximum atomic E-state index is 11.9. The zero-order valence-electron chi connectivity index (χ0n) is 15.8. The summed E-state index contributed by atoms with van der Waals surface area (Å²) >= 11 is 0. The lowest BCUT2D eigenvalue weighted by atomic mass is 10.2. The Labute approximate surface area is 150 Å².